The van der Waals surface area contributed by atoms with E-state index in [1.165, 1.54) is 12.1 Å². The van der Waals surface area contributed by atoms with E-state index < -0.39 is 22.9 Å². The third kappa shape index (κ3) is 4.73. The Morgan fingerprint density at radius 3 is 2.50 bits per heavy atom. The zero-order chi connectivity index (χ0) is 20.3. The van der Waals surface area contributed by atoms with Crippen LogP contribution in [0.25, 0.3) is 6.08 Å². The van der Waals surface area contributed by atoms with Crippen LogP contribution >= 0.6 is 35.0 Å². The van der Waals surface area contributed by atoms with Crippen molar-refractivity contribution in [1.29, 1.82) is 0 Å². The standard InChI is InChI=1S/C19H13Cl2FN2O3S/c20-12-3-1-11(2-4-12)9-16-18(26)24(19(27)28-16)8-7-23-17(25)14-10-13(21)5-6-15(14)22/h1-6,9-10H,7-8H2,(H,23,25)/b16-9-. The molecule has 2 aromatic carbocycles. The maximum absolute atomic E-state index is 13.7. The summed E-state index contributed by atoms with van der Waals surface area (Å²) in [5.74, 6) is -1.84. The summed E-state index contributed by atoms with van der Waals surface area (Å²) in [6.07, 6.45) is 1.60. The van der Waals surface area contributed by atoms with Crippen LogP contribution in [-0.4, -0.2) is 35.0 Å². The zero-order valence-electron chi connectivity index (χ0n) is 14.2. The molecule has 0 spiro atoms. The van der Waals surface area contributed by atoms with Gasteiger partial charge in [0, 0.05) is 23.1 Å². The van der Waals surface area contributed by atoms with Gasteiger partial charge in [-0.15, -0.1) is 0 Å². The van der Waals surface area contributed by atoms with Crippen molar-refractivity contribution in [1.82, 2.24) is 10.2 Å². The van der Waals surface area contributed by atoms with Crippen LogP contribution in [-0.2, 0) is 4.79 Å². The van der Waals surface area contributed by atoms with Crippen molar-refractivity contribution in [2.45, 2.75) is 0 Å². The predicted octanol–water partition coefficient (Wildman–Crippen LogP) is 4.60. The molecule has 0 aliphatic carbocycles. The second-order valence-electron chi connectivity index (χ2n) is 5.76. The summed E-state index contributed by atoms with van der Waals surface area (Å²) in [4.78, 5) is 37.9. The Morgan fingerprint density at radius 1 is 1.11 bits per heavy atom. The first-order valence-corrected chi connectivity index (χ1v) is 9.66. The SMILES string of the molecule is O=C(NCCN1C(=O)S/C(=C\c2ccc(Cl)cc2)C1=O)c1cc(Cl)ccc1F. The van der Waals surface area contributed by atoms with Gasteiger partial charge in [-0.05, 0) is 53.7 Å². The van der Waals surface area contributed by atoms with Gasteiger partial charge >= 0.3 is 0 Å². The maximum Gasteiger partial charge on any atom is 0.293 e. The Hall–Kier alpha value is -2.35. The minimum Gasteiger partial charge on any atom is -0.350 e. The Balaban J connectivity index is 1.61. The molecule has 1 N–H and O–H groups in total. The van der Waals surface area contributed by atoms with Crippen molar-refractivity contribution in [3.63, 3.8) is 0 Å². The van der Waals surface area contributed by atoms with Gasteiger partial charge in [0.05, 0.1) is 10.5 Å². The lowest BCUT2D eigenvalue weighted by atomic mass is 10.2. The summed E-state index contributed by atoms with van der Waals surface area (Å²) < 4.78 is 13.7. The van der Waals surface area contributed by atoms with Crippen LogP contribution in [0.15, 0.2) is 47.4 Å². The lowest BCUT2D eigenvalue weighted by Gasteiger charge is -2.13. The zero-order valence-corrected chi connectivity index (χ0v) is 16.6. The van der Waals surface area contributed by atoms with Crippen LogP contribution in [0.1, 0.15) is 15.9 Å². The quantitative estimate of drug-likeness (QED) is 0.692. The monoisotopic (exact) mass is 438 g/mol. The number of halogens is 3. The smallest absolute Gasteiger partial charge is 0.293 e. The van der Waals surface area contributed by atoms with Crippen LogP contribution in [0, 0.1) is 5.82 Å². The van der Waals surface area contributed by atoms with Crippen molar-refractivity contribution in [3.8, 4) is 0 Å². The number of nitrogens with one attached hydrogen (secondary N) is 1. The highest BCUT2D eigenvalue weighted by atomic mass is 35.5. The van der Waals surface area contributed by atoms with Gasteiger partial charge in [0.2, 0.25) is 0 Å². The molecule has 1 saturated heterocycles. The fraction of sp³-hybridized carbons (Fsp3) is 0.105. The normalized spacial score (nSPS) is 15.4. The summed E-state index contributed by atoms with van der Waals surface area (Å²) in [5.41, 5.74) is 0.531. The lowest BCUT2D eigenvalue weighted by molar-refractivity contribution is -0.122. The van der Waals surface area contributed by atoms with Crippen LogP contribution in [0.2, 0.25) is 10.0 Å². The molecule has 3 amide bonds. The number of hydrogen-bond donors (Lipinski definition) is 1. The summed E-state index contributed by atoms with van der Waals surface area (Å²) in [7, 11) is 0. The largest absolute Gasteiger partial charge is 0.350 e. The molecule has 144 valence electrons. The summed E-state index contributed by atoms with van der Waals surface area (Å²) in [5, 5.41) is 2.84. The van der Waals surface area contributed by atoms with Gasteiger partial charge in [-0.3, -0.25) is 19.3 Å². The summed E-state index contributed by atoms with van der Waals surface area (Å²) >= 11 is 12.4. The first kappa shape index (κ1) is 20.4. The second-order valence-corrected chi connectivity index (χ2v) is 7.63. The molecule has 0 saturated carbocycles. The number of carbonyl (C=O) groups excluding carboxylic acids is 3. The van der Waals surface area contributed by atoms with Gasteiger partial charge in [0.15, 0.2) is 0 Å². The van der Waals surface area contributed by atoms with E-state index in [2.05, 4.69) is 5.32 Å². The minimum absolute atomic E-state index is 0.0168. The average Bonchev–Trinajstić information content (AvgIpc) is 2.92. The molecule has 9 heteroatoms. The summed E-state index contributed by atoms with van der Waals surface area (Å²) in [6, 6.07) is 10.5. The molecule has 0 bridgehead atoms. The number of hydrogen-bond acceptors (Lipinski definition) is 4. The molecular weight excluding hydrogens is 426 g/mol. The van der Waals surface area contributed by atoms with Crippen molar-refractivity contribution in [2.24, 2.45) is 0 Å². The van der Waals surface area contributed by atoms with Gasteiger partial charge in [0.25, 0.3) is 17.1 Å². The predicted molar refractivity (Wildman–Crippen MR) is 108 cm³/mol. The third-order valence-corrected chi connectivity index (χ3v) is 5.23. The van der Waals surface area contributed by atoms with Crippen LogP contribution in [0.3, 0.4) is 0 Å². The molecule has 0 unspecified atom stereocenters. The van der Waals surface area contributed by atoms with Gasteiger partial charge in [-0.1, -0.05) is 35.3 Å². The molecule has 1 fully saturated rings. The van der Waals surface area contributed by atoms with E-state index in [1.807, 2.05) is 0 Å². The number of benzene rings is 2. The molecule has 2 aromatic rings. The van der Waals surface area contributed by atoms with E-state index in [0.717, 1.165) is 28.3 Å². The summed E-state index contributed by atoms with van der Waals surface area (Å²) in [6.45, 7) is -0.0480. The topological polar surface area (TPSA) is 66.5 Å². The van der Waals surface area contributed by atoms with Crippen molar-refractivity contribution in [3.05, 3.63) is 74.4 Å². The highest BCUT2D eigenvalue weighted by Gasteiger charge is 2.34. The number of nitrogens with zero attached hydrogens (tertiary/aromatic N) is 1. The molecular formula is C19H13Cl2FN2O3S. The van der Waals surface area contributed by atoms with E-state index >= 15 is 0 Å². The average molecular weight is 439 g/mol. The molecule has 5 nitrogen and oxygen atoms in total. The van der Waals surface area contributed by atoms with Crippen molar-refractivity contribution in [2.75, 3.05) is 13.1 Å². The molecule has 0 atom stereocenters. The number of carbonyl (C=O) groups is 3. The second kappa shape index (κ2) is 8.77. The molecule has 1 aliphatic heterocycles. The van der Waals surface area contributed by atoms with E-state index in [0.29, 0.717) is 5.02 Å². The van der Waals surface area contributed by atoms with E-state index in [1.54, 1.807) is 30.3 Å². The van der Waals surface area contributed by atoms with E-state index in [9.17, 15) is 18.8 Å². The number of imide groups is 1. The van der Waals surface area contributed by atoms with Gasteiger partial charge in [0.1, 0.15) is 5.82 Å². The Labute approximate surface area is 174 Å². The maximum atomic E-state index is 13.7. The molecule has 0 radical (unpaired) electrons. The van der Waals surface area contributed by atoms with Gasteiger partial charge < -0.3 is 5.32 Å². The van der Waals surface area contributed by atoms with E-state index in [-0.39, 0.29) is 28.6 Å². The fourth-order valence-electron chi connectivity index (χ4n) is 2.45. The van der Waals surface area contributed by atoms with Gasteiger partial charge in [-0.2, -0.15) is 0 Å². The number of amides is 3. The number of thioether (sulfide) groups is 1. The fourth-order valence-corrected chi connectivity index (χ4v) is 3.61. The lowest BCUT2D eigenvalue weighted by Crippen LogP contribution is -2.37. The molecule has 0 aromatic heterocycles. The van der Waals surface area contributed by atoms with Crippen LogP contribution < -0.4 is 5.32 Å². The Kier molecular flexibility index (Phi) is 6.39. The third-order valence-electron chi connectivity index (χ3n) is 3.84. The first-order chi connectivity index (χ1) is 13.3. The molecule has 28 heavy (non-hydrogen) atoms. The van der Waals surface area contributed by atoms with Crippen molar-refractivity contribution < 1.29 is 18.8 Å². The Bertz CT molecular complexity index is 980. The van der Waals surface area contributed by atoms with Gasteiger partial charge in [-0.25, -0.2) is 4.39 Å². The molecule has 1 heterocycles. The molecule has 1 aliphatic rings. The Morgan fingerprint density at radius 2 is 1.79 bits per heavy atom. The first-order valence-electron chi connectivity index (χ1n) is 8.09. The number of rotatable bonds is 5. The highest BCUT2D eigenvalue weighted by Crippen LogP contribution is 2.32. The minimum atomic E-state index is -0.709. The molecule has 3 rings (SSSR count). The van der Waals surface area contributed by atoms with E-state index in [4.69, 9.17) is 23.2 Å². The van der Waals surface area contributed by atoms with Crippen molar-refractivity contribution >= 4 is 58.1 Å². The van der Waals surface area contributed by atoms with Crippen LogP contribution in [0.4, 0.5) is 9.18 Å². The highest BCUT2D eigenvalue weighted by molar-refractivity contribution is 8.18. The van der Waals surface area contributed by atoms with Crippen LogP contribution in [0.5, 0.6) is 0 Å².